The summed E-state index contributed by atoms with van der Waals surface area (Å²) >= 11 is 0. The molecule has 1 aliphatic heterocycles. The van der Waals surface area contributed by atoms with Gasteiger partial charge in [-0.1, -0.05) is 18.2 Å². The molecule has 1 N–H and O–H groups in total. The molecule has 2 heterocycles. The first-order valence-electron chi connectivity index (χ1n) is 12.8. The van der Waals surface area contributed by atoms with Gasteiger partial charge in [0.2, 0.25) is 0 Å². The molecule has 0 bridgehead atoms. The SMILES string of the molecule is Cc1c([C@@H](C)Nc2nnc(C)c3ccc(N4CCN(CCCCC=O)CC4)cc23)cccc1C(F)(F)F. The van der Waals surface area contributed by atoms with E-state index in [4.69, 9.17) is 0 Å². The van der Waals surface area contributed by atoms with Gasteiger partial charge in [0.1, 0.15) is 6.29 Å². The van der Waals surface area contributed by atoms with E-state index in [2.05, 4.69) is 37.4 Å². The number of rotatable bonds is 9. The van der Waals surface area contributed by atoms with Crippen molar-refractivity contribution in [2.45, 2.75) is 52.3 Å². The fraction of sp³-hybridized carbons (Fsp3) is 0.464. The van der Waals surface area contributed by atoms with Crippen molar-refractivity contribution in [3.05, 3.63) is 58.8 Å². The van der Waals surface area contributed by atoms with E-state index in [-0.39, 0.29) is 5.56 Å². The van der Waals surface area contributed by atoms with Crippen molar-refractivity contribution in [2.75, 3.05) is 42.9 Å². The summed E-state index contributed by atoms with van der Waals surface area (Å²) in [5.74, 6) is 0.556. The maximum Gasteiger partial charge on any atom is 0.416 e. The Labute approximate surface area is 215 Å². The van der Waals surface area contributed by atoms with Crippen LogP contribution in [0.15, 0.2) is 36.4 Å². The Hall–Kier alpha value is -3.20. The molecular formula is C28H34F3N5O. The fourth-order valence-corrected chi connectivity index (χ4v) is 5.08. The average molecular weight is 514 g/mol. The number of benzene rings is 2. The van der Waals surface area contributed by atoms with Gasteiger partial charge >= 0.3 is 6.18 Å². The minimum atomic E-state index is -4.40. The van der Waals surface area contributed by atoms with Crippen molar-refractivity contribution in [3.8, 4) is 0 Å². The molecule has 0 aliphatic carbocycles. The molecule has 0 unspecified atom stereocenters. The number of aldehydes is 1. The van der Waals surface area contributed by atoms with Gasteiger partial charge < -0.3 is 15.0 Å². The second kappa shape index (κ2) is 11.5. The van der Waals surface area contributed by atoms with Crippen LogP contribution in [0.4, 0.5) is 24.7 Å². The zero-order valence-electron chi connectivity index (χ0n) is 21.6. The monoisotopic (exact) mass is 513 g/mol. The summed E-state index contributed by atoms with van der Waals surface area (Å²) in [5.41, 5.74) is 2.06. The van der Waals surface area contributed by atoms with Gasteiger partial charge in [-0.05, 0) is 69.5 Å². The van der Waals surface area contributed by atoms with Gasteiger partial charge in [0, 0.05) is 49.1 Å². The van der Waals surface area contributed by atoms with E-state index in [0.29, 0.717) is 17.8 Å². The third kappa shape index (κ3) is 6.21. The summed E-state index contributed by atoms with van der Waals surface area (Å²) in [6.07, 6.45) is -0.824. The minimum absolute atomic E-state index is 0.212. The number of halogens is 3. The highest BCUT2D eigenvalue weighted by atomic mass is 19.4. The van der Waals surface area contributed by atoms with E-state index in [1.165, 1.54) is 13.0 Å². The molecule has 0 spiro atoms. The first-order chi connectivity index (χ1) is 17.7. The standard InChI is InChI=1S/C28H34F3N5O/c1-19-23(8-7-9-26(19)28(29,30)31)20(2)32-27-25-18-22(10-11-24(25)21(3)33-34-27)36-15-13-35(14-16-36)12-5-4-6-17-37/h7-11,17-18,20H,4-6,12-16H2,1-3H3,(H,32,34)/t20-/m1/s1. The number of carbonyl (C=O) groups is 1. The molecule has 4 rings (SSSR count). The van der Waals surface area contributed by atoms with Crippen LogP contribution in [0, 0.1) is 13.8 Å². The van der Waals surface area contributed by atoms with E-state index in [1.807, 2.05) is 19.9 Å². The lowest BCUT2D eigenvalue weighted by Crippen LogP contribution is -2.46. The average Bonchev–Trinajstić information content (AvgIpc) is 2.88. The van der Waals surface area contributed by atoms with Crippen LogP contribution in [-0.2, 0) is 11.0 Å². The maximum absolute atomic E-state index is 13.4. The number of alkyl halides is 3. The molecule has 9 heteroatoms. The van der Waals surface area contributed by atoms with Crippen molar-refractivity contribution >= 4 is 28.6 Å². The normalized spacial score (nSPS) is 15.7. The van der Waals surface area contributed by atoms with E-state index in [9.17, 15) is 18.0 Å². The smallest absolute Gasteiger partial charge is 0.369 e. The third-order valence-electron chi connectivity index (χ3n) is 7.23. The minimum Gasteiger partial charge on any atom is -0.369 e. The second-order valence-corrected chi connectivity index (χ2v) is 9.74. The van der Waals surface area contributed by atoms with E-state index >= 15 is 0 Å². The molecule has 37 heavy (non-hydrogen) atoms. The zero-order chi connectivity index (χ0) is 26.6. The summed E-state index contributed by atoms with van der Waals surface area (Å²) in [4.78, 5) is 15.3. The van der Waals surface area contributed by atoms with Crippen LogP contribution >= 0.6 is 0 Å². The first kappa shape index (κ1) is 26.9. The summed E-state index contributed by atoms with van der Waals surface area (Å²) in [6.45, 7) is 9.99. The van der Waals surface area contributed by atoms with E-state index in [0.717, 1.165) is 80.1 Å². The molecule has 0 amide bonds. The predicted molar refractivity (Wildman–Crippen MR) is 141 cm³/mol. The fourth-order valence-electron chi connectivity index (χ4n) is 5.08. The molecule has 6 nitrogen and oxygen atoms in total. The van der Waals surface area contributed by atoms with Crippen LogP contribution in [0.1, 0.15) is 54.6 Å². The van der Waals surface area contributed by atoms with Crippen molar-refractivity contribution in [1.82, 2.24) is 15.1 Å². The van der Waals surface area contributed by atoms with E-state index in [1.54, 1.807) is 6.07 Å². The number of anilines is 2. The van der Waals surface area contributed by atoms with Gasteiger partial charge in [0.05, 0.1) is 17.3 Å². The molecule has 1 atom stereocenters. The number of fused-ring (bicyclic) bond motifs is 1. The van der Waals surface area contributed by atoms with Crippen LogP contribution < -0.4 is 10.2 Å². The molecule has 198 valence electrons. The number of nitrogens with one attached hydrogen (secondary N) is 1. The van der Waals surface area contributed by atoms with Crippen molar-refractivity contribution in [2.24, 2.45) is 0 Å². The van der Waals surface area contributed by atoms with Gasteiger partial charge in [-0.25, -0.2) is 0 Å². The number of aromatic nitrogens is 2. The Morgan fingerprint density at radius 1 is 1.03 bits per heavy atom. The Morgan fingerprint density at radius 2 is 1.78 bits per heavy atom. The lowest BCUT2D eigenvalue weighted by Gasteiger charge is -2.36. The third-order valence-corrected chi connectivity index (χ3v) is 7.23. The number of nitrogens with zero attached hydrogens (tertiary/aromatic N) is 4. The van der Waals surface area contributed by atoms with Crippen LogP contribution in [0.5, 0.6) is 0 Å². The highest BCUT2D eigenvalue weighted by Crippen LogP contribution is 2.36. The summed E-state index contributed by atoms with van der Waals surface area (Å²) in [6, 6.07) is 10.1. The summed E-state index contributed by atoms with van der Waals surface area (Å²) in [5, 5.41) is 13.9. The molecule has 1 aromatic heterocycles. The topological polar surface area (TPSA) is 61.4 Å². The quantitative estimate of drug-likeness (QED) is 0.283. The van der Waals surface area contributed by atoms with Gasteiger partial charge in [-0.2, -0.15) is 18.3 Å². The van der Waals surface area contributed by atoms with Crippen LogP contribution in [0.25, 0.3) is 10.8 Å². The number of hydrogen-bond acceptors (Lipinski definition) is 6. The number of carbonyl (C=O) groups excluding carboxylic acids is 1. The van der Waals surface area contributed by atoms with Gasteiger partial charge in [0.15, 0.2) is 5.82 Å². The van der Waals surface area contributed by atoms with Crippen LogP contribution in [-0.4, -0.2) is 54.1 Å². The largest absolute Gasteiger partial charge is 0.416 e. The summed E-state index contributed by atoms with van der Waals surface area (Å²) < 4.78 is 40.3. The molecule has 1 fully saturated rings. The Balaban J connectivity index is 1.53. The molecule has 1 saturated heterocycles. The molecule has 0 saturated carbocycles. The second-order valence-electron chi connectivity index (χ2n) is 9.74. The predicted octanol–water partition coefficient (Wildman–Crippen LogP) is 5.93. The Morgan fingerprint density at radius 3 is 2.49 bits per heavy atom. The molecule has 2 aromatic carbocycles. The lowest BCUT2D eigenvalue weighted by molar-refractivity contribution is -0.138. The Kier molecular flexibility index (Phi) is 8.32. The molecule has 1 aliphatic rings. The number of piperazine rings is 1. The van der Waals surface area contributed by atoms with E-state index < -0.39 is 17.8 Å². The Bertz CT molecular complexity index is 1240. The maximum atomic E-state index is 13.4. The van der Waals surface area contributed by atoms with Crippen LogP contribution in [0.3, 0.4) is 0 Å². The molecule has 0 radical (unpaired) electrons. The van der Waals surface area contributed by atoms with Gasteiger partial charge in [-0.15, -0.1) is 5.10 Å². The molecule has 3 aromatic rings. The lowest BCUT2D eigenvalue weighted by atomic mass is 9.97. The highest BCUT2D eigenvalue weighted by molar-refractivity contribution is 5.95. The van der Waals surface area contributed by atoms with Crippen molar-refractivity contribution in [1.29, 1.82) is 0 Å². The highest BCUT2D eigenvalue weighted by Gasteiger charge is 2.33. The number of aryl methyl sites for hydroxylation is 1. The van der Waals surface area contributed by atoms with Gasteiger partial charge in [-0.3, -0.25) is 4.90 Å². The van der Waals surface area contributed by atoms with Crippen molar-refractivity contribution < 1.29 is 18.0 Å². The van der Waals surface area contributed by atoms with Crippen molar-refractivity contribution in [3.63, 3.8) is 0 Å². The molecular weight excluding hydrogens is 479 g/mol. The number of hydrogen-bond donors (Lipinski definition) is 1. The van der Waals surface area contributed by atoms with Crippen LogP contribution in [0.2, 0.25) is 0 Å². The number of unbranched alkanes of at least 4 members (excludes halogenated alkanes) is 2. The summed E-state index contributed by atoms with van der Waals surface area (Å²) in [7, 11) is 0. The first-order valence-corrected chi connectivity index (χ1v) is 12.8. The zero-order valence-corrected chi connectivity index (χ0v) is 21.6. The van der Waals surface area contributed by atoms with Gasteiger partial charge in [0.25, 0.3) is 0 Å².